The minimum Gasteiger partial charge on any atom is -0.330 e. The summed E-state index contributed by atoms with van der Waals surface area (Å²) in [6, 6.07) is 22.1. The molecule has 0 saturated carbocycles. The fourth-order valence-electron chi connectivity index (χ4n) is 3.12. The fraction of sp³-hybridized carbons (Fsp3) is 0.455. The number of nitrogens with one attached hydrogen (secondary N) is 1. The van der Waals surface area contributed by atoms with Crippen LogP contribution in [0, 0.1) is 0 Å². The van der Waals surface area contributed by atoms with E-state index in [9.17, 15) is 0 Å². The highest BCUT2D eigenvalue weighted by atomic mass is 14.9. The molecule has 136 valence electrons. The van der Waals surface area contributed by atoms with Crippen molar-refractivity contribution in [2.45, 2.75) is 50.6 Å². The van der Waals surface area contributed by atoms with Crippen LogP contribution in [0.2, 0.25) is 0 Å². The highest BCUT2D eigenvalue weighted by molar-refractivity contribution is 5.16. The van der Waals surface area contributed by atoms with Gasteiger partial charge in [-0.05, 0) is 56.2 Å². The third-order valence-electron chi connectivity index (χ3n) is 4.70. The van der Waals surface area contributed by atoms with E-state index in [1.807, 2.05) is 0 Å². The molecule has 0 saturated heterocycles. The molecule has 0 aliphatic rings. The summed E-state index contributed by atoms with van der Waals surface area (Å²) >= 11 is 0. The van der Waals surface area contributed by atoms with E-state index < -0.39 is 0 Å². The summed E-state index contributed by atoms with van der Waals surface area (Å²) in [6.45, 7) is 1.59. The Balaban J connectivity index is 1.83. The van der Waals surface area contributed by atoms with Crippen LogP contribution in [0.3, 0.4) is 0 Å². The molecule has 0 aromatic heterocycles. The molecule has 0 aliphatic carbocycles. The van der Waals surface area contributed by atoms with E-state index in [4.69, 9.17) is 11.5 Å². The summed E-state index contributed by atoms with van der Waals surface area (Å²) < 4.78 is 0. The van der Waals surface area contributed by atoms with Crippen LogP contribution in [0.5, 0.6) is 0 Å². The van der Waals surface area contributed by atoms with Crippen molar-refractivity contribution in [2.75, 3.05) is 13.1 Å². The largest absolute Gasteiger partial charge is 0.330 e. The van der Waals surface area contributed by atoms with Gasteiger partial charge in [0.2, 0.25) is 0 Å². The standard InChI is InChI=1S/C22H33N3/c23-17-7-12-21(24)18-25-22(15-13-19-8-3-1-4-9-19)16-14-20-10-5-2-6-11-20/h1-6,8-11,21-22,25H,7,12-18,23-24H2/t21-/m0/s1. The predicted molar refractivity (Wildman–Crippen MR) is 108 cm³/mol. The summed E-state index contributed by atoms with van der Waals surface area (Å²) in [5, 5.41) is 3.70. The molecule has 5 N–H and O–H groups in total. The molecule has 0 radical (unpaired) electrons. The number of hydrogen-bond acceptors (Lipinski definition) is 3. The van der Waals surface area contributed by atoms with Crippen LogP contribution < -0.4 is 16.8 Å². The molecule has 0 aliphatic heterocycles. The smallest absolute Gasteiger partial charge is 0.0165 e. The Morgan fingerprint density at radius 3 is 1.76 bits per heavy atom. The van der Waals surface area contributed by atoms with Gasteiger partial charge in [0.15, 0.2) is 0 Å². The van der Waals surface area contributed by atoms with Crippen molar-refractivity contribution in [3.63, 3.8) is 0 Å². The molecular formula is C22H33N3. The van der Waals surface area contributed by atoms with Crippen molar-refractivity contribution in [1.29, 1.82) is 0 Å². The van der Waals surface area contributed by atoms with E-state index in [2.05, 4.69) is 66.0 Å². The number of benzene rings is 2. The molecule has 0 fully saturated rings. The first-order valence-electron chi connectivity index (χ1n) is 9.55. The number of nitrogens with two attached hydrogens (primary N) is 2. The van der Waals surface area contributed by atoms with Crippen molar-refractivity contribution in [1.82, 2.24) is 5.32 Å². The van der Waals surface area contributed by atoms with Crippen LogP contribution in [-0.2, 0) is 12.8 Å². The summed E-state index contributed by atoms with van der Waals surface area (Å²) in [5.74, 6) is 0. The van der Waals surface area contributed by atoms with Gasteiger partial charge in [-0.1, -0.05) is 60.7 Å². The van der Waals surface area contributed by atoms with Gasteiger partial charge in [0.05, 0.1) is 0 Å². The first kappa shape index (κ1) is 19.6. The summed E-state index contributed by atoms with van der Waals surface area (Å²) in [4.78, 5) is 0. The van der Waals surface area contributed by atoms with Crippen LogP contribution in [-0.4, -0.2) is 25.2 Å². The molecular weight excluding hydrogens is 306 g/mol. The average Bonchev–Trinajstić information content (AvgIpc) is 2.67. The third kappa shape index (κ3) is 8.30. The molecule has 2 aromatic rings. The Morgan fingerprint density at radius 1 is 0.760 bits per heavy atom. The second-order valence-corrected chi connectivity index (χ2v) is 6.84. The van der Waals surface area contributed by atoms with Gasteiger partial charge in [-0.2, -0.15) is 0 Å². The number of hydrogen-bond donors (Lipinski definition) is 3. The van der Waals surface area contributed by atoms with Crippen molar-refractivity contribution in [3.05, 3.63) is 71.8 Å². The highest BCUT2D eigenvalue weighted by Crippen LogP contribution is 2.11. The van der Waals surface area contributed by atoms with E-state index in [0.717, 1.165) is 51.6 Å². The van der Waals surface area contributed by atoms with Gasteiger partial charge in [-0.25, -0.2) is 0 Å². The molecule has 0 amide bonds. The van der Waals surface area contributed by atoms with Gasteiger partial charge in [-0.3, -0.25) is 0 Å². The van der Waals surface area contributed by atoms with Crippen LogP contribution in [0.25, 0.3) is 0 Å². The monoisotopic (exact) mass is 339 g/mol. The van der Waals surface area contributed by atoms with Crippen LogP contribution in [0.1, 0.15) is 36.8 Å². The summed E-state index contributed by atoms with van der Waals surface area (Å²) in [5.41, 5.74) is 14.6. The summed E-state index contributed by atoms with van der Waals surface area (Å²) in [6.07, 6.45) is 6.48. The van der Waals surface area contributed by atoms with E-state index in [1.54, 1.807) is 0 Å². The lowest BCUT2D eigenvalue weighted by atomic mass is 9.98. The van der Waals surface area contributed by atoms with E-state index in [0.29, 0.717) is 6.04 Å². The SMILES string of the molecule is NCCC[C@H](N)CNC(CCc1ccccc1)CCc1ccccc1. The quantitative estimate of drug-likeness (QED) is 0.556. The lowest BCUT2D eigenvalue weighted by molar-refractivity contribution is 0.422. The lowest BCUT2D eigenvalue weighted by Crippen LogP contribution is -2.40. The zero-order chi connectivity index (χ0) is 17.7. The minimum absolute atomic E-state index is 0.194. The van der Waals surface area contributed by atoms with E-state index in [-0.39, 0.29) is 6.04 Å². The van der Waals surface area contributed by atoms with Gasteiger partial charge in [0.25, 0.3) is 0 Å². The van der Waals surface area contributed by atoms with Crippen molar-refractivity contribution in [2.24, 2.45) is 11.5 Å². The fourth-order valence-corrected chi connectivity index (χ4v) is 3.12. The van der Waals surface area contributed by atoms with Crippen LogP contribution >= 0.6 is 0 Å². The molecule has 2 rings (SSSR count). The van der Waals surface area contributed by atoms with Gasteiger partial charge in [-0.15, -0.1) is 0 Å². The van der Waals surface area contributed by atoms with Gasteiger partial charge >= 0.3 is 0 Å². The maximum Gasteiger partial charge on any atom is 0.0165 e. The molecule has 25 heavy (non-hydrogen) atoms. The van der Waals surface area contributed by atoms with Crippen molar-refractivity contribution >= 4 is 0 Å². The Kier molecular flexibility index (Phi) is 9.27. The van der Waals surface area contributed by atoms with Gasteiger partial charge in [0, 0.05) is 18.6 Å². The predicted octanol–water partition coefficient (Wildman–Crippen LogP) is 3.28. The van der Waals surface area contributed by atoms with Crippen LogP contribution in [0.4, 0.5) is 0 Å². The Morgan fingerprint density at radius 2 is 1.28 bits per heavy atom. The Bertz CT molecular complexity index is 512. The molecule has 1 atom stereocenters. The molecule has 0 spiro atoms. The minimum atomic E-state index is 0.194. The molecule has 0 heterocycles. The topological polar surface area (TPSA) is 64.1 Å². The first-order valence-corrected chi connectivity index (χ1v) is 9.55. The van der Waals surface area contributed by atoms with Gasteiger partial charge < -0.3 is 16.8 Å². The summed E-state index contributed by atoms with van der Waals surface area (Å²) in [7, 11) is 0. The highest BCUT2D eigenvalue weighted by Gasteiger charge is 2.11. The van der Waals surface area contributed by atoms with Crippen molar-refractivity contribution in [3.8, 4) is 0 Å². The van der Waals surface area contributed by atoms with E-state index in [1.165, 1.54) is 11.1 Å². The normalized spacial score (nSPS) is 12.4. The zero-order valence-corrected chi connectivity index (χ0v) is 15.2. The first-order chi connectivity index (χ1) is 12.3. The van der Waals surface area contributed by atoms with Crippen molar-refractivity contribution < 1.29 is 0 Å². The van der Waals surface area contributed by atoms with E-state index >= 15 is 0 Å². The zero-order valence-electron chi connectivity index (χ0n) is 15.2. The number of aryl methyl sites for hydroxylation is 2. The Hall–Kier alpha value is -1.68. The molecule has 3 heteroatoms. The maximum atomic E-state index is 6.20. The third-order valence-corrected chi connectivity index (χ3v) is 4.70. The molecule has 2 aromatic carbocycles. The van der Waals surface area contributed by atoms with Crippen LogP contribution in [0.15, 0.2) is 60.7 Å². The number of rotatable bonds is 12. The average molecular weight is 340 g/mol. The molecule has 3 nitrogen and oxygen atoms in total. The second kappa shape index (κ2) is 11.8. The molecule has 0 bridgehead atoms. The Labute approximate surface area is 152 Å². The maximum absolute atomic E-state index is 6.20. The van der Waals surface area contributed by atoms with Gasteiger partial charge in [0.1, 0.15) is 0 Å². The lowest BCUT2D eigenvalue weighted by Gasteiger charge is -2.21. The molecule has 0 unspecified atom stereocenters. The second-order valence-electron chi connectivity index (χ2n) is 6.84.